The first-order valence-electron chi connectivity index (χ1n) is 11.3. The maximum absolute atomic E-state index is 15.1. The summed E-state index contributed by atoms with van der Waals surface area (Å²) in [4.78, 5) is 14.5. The van der Waals surface area contributed by atoms with Crippen LogP contribution in [0.3, 0.4) is 0 Å². The van der Waals surface area contributed by atoms with E-state index in [2.05, 4.69) is 4.72 Å². The van der Waals surface area contributed by atoms with Crippen LogP contribution >= 0.6 is 0 Å². The first-order chi connectivity index (χ1) is 16.2. The van der Waals surface area contributed by atoms with E-state index in [0.29, 0.717) is 16.7 Å². The van der Waals surface area contributed by atoms with Gasteiger partial charge in [0.05, 0.1) is 25.1 Å². The fourth-order valence-electron chi connectivity index (χ4n) is 4.77. The lowest BCUT2D eigenvalue weighted by Crippen LogP contribution is -2.63. The van der Waals surface area contributed by atoms with Gasteiger partial charge in [-0.3, -0.25) is 4.79 Å². The highest BCUT2D eigenvalue weighted by atomic mass is 32.2. The topological polar surface area (TPSA) is 75.7 Å². The normalized spacial score (nSPS) is 26.4. The van der Waals surface area contributed by atoms with Gasteiger partial charge in [-0.15, -0.1) is 0 Å². The highest BCUT2D eigenvalue weighted by molar-refractivity contribution is 7.91. The molecule has 2 unspecified atom stereocenters. The van der Waals surface area contributed by atoms with Crippen LogP contribution in [0.15, 0.2) is 42.5 Å². The summed E-state index contributed by atoms with van der Waals surface area (Å²) in [5.74, 6) is -0.856. The number of ether oxygens (including phenoxy) is 1. The van der Waals surface area contributed by atoms with E-state index in [1.807, 2.05) is 0 Å². The molecule has 0 spiro atoms. The van der Waals surface area contributed by atoms with Crippen molar-refractivity contribution in [1.29, 1.82) is 0 Å². The van der Waals surface area contributed by atoms with Gasteiger partial charge >= 0.3 is 0 Å². The number of nitrogens with one attached hydrogen (secondary N) is 1. The first-order valence-corrected chi connectivity index (χ1v) is 12.8. The van der Waals surface area contributed by atoms with Crippen LogP contribution in [0.4, 0.5) is 13.2 Å². The van der Waals surface area contributed by atoms with Gasteiger partial charge in [-0.2, -0.15) is 0 Å². The third-order valence-electron chi connectivity index (χ3n) is 6.80. The minimum absolute atomic E-state index is 0.0513. The van der Waals surface area contributed by atoms with Crippen molar-refractivity contribution in [2.75, 3.05) is 13.2 Å². The minimum Gasteiger partial charge on any atom is -0.489 e. The maximum atomic E-state index is 15.1. The molecule has 1 saturated heterocycles. The molecule has 2 heterocycles. The Balaban J connectivity index is 1.55. The Kier molecular flexibility index (Phi) is 5.84. The van der Waals surface area contributed by atoms with E-state index < -0.39 is 39.1 Å². The fraction of sp³-hybridized carbons (Fsp3) is 0.458. The molecule has 1 aliphatic carbocycles. The minimum atomic E-state index is -4.41. The highest BCUT2D eigenvalue weighted by Gasteiger charge is 2.57. The lowest BCUT2D eigenvalue weighted by Gasteiger charge is -2.43. The van der Waals surface area contributed by atoms with Gasteiger partial charge < -0.3 is 9.64 Å². The van der Waals surface area contributed by atoms with Crippen LogP contribution in [0.25, 0.3) is 11.1 Å². The predicted octanol–water partition coefficient (Wildman–Crippen LogP) is 3.50. The Morgan fingerprint density at radius 3 is 2.68 bits per heavy atom. The number of fused-ring (bicyclic) bond motifs is 5. The molecule has 6 nitrogen and oxygen atoms in total. The molecule has 2 aliphatic heterocycles. The molecule has 1 saturated carbocycles. The number of alkyl halides is 2. The second kappa shape index (κ2) is 8.57. The average molecular weight is 495 g/mol. The van der Waals surface area contributed by atoms with Gasteiger partial charge in [-0.25, -0.2) is 26.3 Å². The van der Waals surface area contributed by atoms with E-state index in [4.69, 9.17) is 4.74 Å². The van der Waals surface area contributed by atoms with Crippen LogP contribution in [0, 0.1) is 5.82 Å². The largest absolute Gasteiger partial charge is 0.489 e. The molecule has 0 radical (unpaired) electrons. The van der Waals surface area contributed by atoms with E-state index in [9.17, 15) is 22.0 Å². The van der Waals surface area contributed by atoms with Gasteiger partial charge in [0.15, 0.2) is 11.6 Å². The molecular weight excluding hydrogens is 469 g/mol. The Labute approximate surface area is 196 Å². The smallest absolute Gasteiger partial charge is 0.247 e. The molecule has 10 heteroatoms. The van der Waals surface area contributed by atoms with Crippen molar-refractivity contribution in [1.82, 2.24) is 9.62 Å². The molecule has 182 valence electrons. The first kappa shape index (κ1) is 23.2. The van der Waals surface area contributed by atoms with Crippen LogP contribution in [-0.4, -0.2) is 55.6 Å². The summed E-state index contributed by atoms with van der Waals surface area (Å²) in [6, 6.07) is 9.54. The number of para-hydroxylation sites is 1. The van der Waals surface area contributed by atoms with E-state index in [1.165, 1.54) is 11.0 Å². The summed E-state index contributed by atoms with van der Waals surface area (Å²) in [6.45, 7) is -0.00693. The van der Waals surface area contributed by atoms with Gasteiger partial charge in [0.2, 0.25) is 20.9 Å². The van der Waals surface area contributed by atoms with E-state index in [-0.39, 0.29) is 56.9 Å². The van der Waals surface area contributed by atoms with Crippen molar-refractivity contribution in [3.8, 4) is 16.9 Å². The molecule has 0 aromatic heterocycles. The highest BCUT2D eigenvalue weighted by Crippen LogP contribution is 2.45. The van der Waals surface area contributed by atoms with E-state index in [0.717, 1.165) is 0 Å². The predicted molar refractivity (Wildman–Crippen MR) is 120 cm³/mol. The molecule has 2 bridgehead atoms. The summed E-state index contributed by atoms with van der Waals surface area (Å²) >= 11 is 0. The quantitative estimate of drug-likeness (QED) is 0.709. The number of piperidine rings is 1. The number of hydrogen-bond acceptors (Lipinski definition) is 4. The van der Waals surface area contributed by atoms with E-state index in [1.54, 1.807) is 36.4 Å². The van der Waals surface area contributed by atoms with E-state index >= 15 is 4.39 Å². The summed E-state index contributed by atoms with van der Waals surface area (Å²) in [5.41, 5.74) is 1.90. The van der Waals surface area contributed by atoms with Gasteiger partial charge in [0.25, 0.3) is 0 Å². The summed E-state index contributed by atoms with van der Waals surface area (Å²) < 4.78 is 77.2. The van der Waals surface area contributed by atoms with Gasteiger partial charge in [-0.05, 0) is 30.0 Å². The van der Waals surface area contributed by atoms with Gasteiger partial charge in [-0.1, -0.05) is 36.4 Å². The number of benzene rings is 2. The summed E-state index contributed by atoms with van der Waals surface area (Å²) in [7, 11) is -4.41. The number of nitrogens with zero attached hydrogens (tertiary/aromatic N) is 1. The third-order valence-corrected chi connectivity index (χ3v) is 8.75. The van der Waals surface area contributed by atoms with Crippen molar-refractivity contribution < 1.29 is 31.1 Å². The zero-order valence-electron chi connectivity index (χ0n) is 18.3. The number of carbonyl (C=O) groups excluding carboxylic acids is 1. The Morgan fingerprint density at radius 1 is 1.15 bits per heavy atom. The number of carbonyl (C=O) groups is 1. The third kappa shape index (κ3) is 4.17. The number of sulfonamides is 1. The molecule has 3 aliphatic rings. The van der Waals surface area contributed by atoms with Gasteiger partial charge in [0, 0.05) is 24.9 Å². The second-order valence-electron chi connectivity index (χ2n) is 9.11. The van der Waals surface area contributed by atoms with Crippen LogP contribution in [0.2, 0.25) is 0 Å². The number of rotatable bonds is 3. The van der Waals surface area contributed by atoms with Crippen LogP contribution < -0.4 is 9.46 Å². The number of amides is 1. The van der Waals surface area contributed by atoms with Crippen molar-refractivity contribution >= 4 is 15.9 Å². The molecular formula is C24H25F3N2O4S. The lowest BCUT2D eigenvalue weighted by molar-refractivity contribution is -0.137. The zero-order valence-corrected chi connectivity index (χ0v) is 19.2. The molecule has 2 fully saturated rings. The van der Waals surface area contributed by atoms with Crippen LogP contribution in [0.5, 0.6) is 5.75 Å². The lowest BCUT2D eigenvalue weighted by atomic mass is 9.89. The summed E-state index contributed by atoms with van der Waals surface area (Å²) in [5, 5.41) is -2.38. The molecule has 1 amide bonds. The Hall–Kier alpha value is -2.59. The second-order valence-corrected chi connectivity index (χ2v) is 11.1. The van der Waals surface area contributed by atoms with Crippen LogP contribution in [-0.2, 0) is 21.2 Å². The Morgan fingerprint density at radius 2 is 1.91 bits per heavy atom. The van der Waals surface area contributed by atoms with Crippen molar-refractivity contribution in [3.05, 3.63) is 53.8 Å². The van der Waals surface area contributed by atoms with Gasteiger partial charge in [0.1, 0.15) is 6.17 Å². The SMILES string of the molecule is O=C1CCOc2c(F)cccc2-c2cccc(c2)C[C@H]2C(NS(=O)(=O)C3(F)CC3)C(F)CCN12. The maximum Gasteiger partial charge on any atom is 0.247 e. The molecule has 34 heavy (non-hydrogen) atoms. The van der Waals surface area contributed by atoms with Crippen molar-refractivity contribution in [2.45, 2.75) is 55.4 Å². The van der Waals surface area contributed by atoms with Crippen molar-refractivity contribution in [3.63, 3.8) is 0 Å². The monoisotopic (exact) mass is 494 g/mol. The number of hydrogen-bond donors (Lipinski definition) is 1. The van der Waals surface area contributed by atoms with Crippen LogP contribution in [0.1, 0.15) is 31.2 Å². The molecule has 1 N–H and O–H groups in total. The average Bonchev–Trinajstić information content (AvgIpc) is 3.56. The number of halogens is 3. The standard InChI is InChI=1S/C24H25F3N2O4S/c25-18-7-11-29-20(22(18)28-34(31,32)24(27)9-10-24)14-15-3-1-4-16(13-15)17-5-2-6-19(26)23(17)33-12-8-21(29)30/h1-6,13,18,20,22,28H,7-12,14H2/t18?,20-,22?/m0/s1. The summed E-state index contributed by atoms with van der Waals surface area (Å²) in [6.07, 6.45) is -1.86. The molecule has 5 rings (SSSR count). The van der Waals surface area contributed by atoms with Crippen molar-refractivity contribution in [2.24, 2.45) is 0 Å². The fourth-order valence-corrected chi connectivity index (χ4v) is 6.28. The Bertz CT molecular complexity index is 1220. The molecule has 3 atom stereocenters. The molecule has 2 aromatic carbocycles. The molecule has 2 aromatic rings. The zero-order chi connectivity index (χ0) is 24.1.